The van der Waals surface area contributed by atoms with Gasteiger partial charge in [0.15, 0.2) is 6.54 Å². The number of halogens is 2. The van der Waals surface area contributed by atoms with E-state index in [2.05, 4.69) is 10.7 Å². The van der Waals surface area contributed by atoms with Gasteiger partial charge in [-0.2, -0.15) is 5.01 Å². The van der Waals surface area contributed by atoms with E-state index in [-0.39, 0.29) is 12.1 Å². The van der Waals surface area contributed by atoms with Crippen molar-refractivity contribution in [3.63, 3.8) is 0 Å². The van der Waals surface area contributed by atoms with E-state index >= 15 is 0 Å². The lowest BCUT2D eigenvalue weighted by atomic mass is 9.82. The van der Waals surface area contributed by atoms with Crippen LogP contribution in [0.25, 0.3) is 0 Å². The Morgan fingerprint density at radius 2 is 2.00 bits per heavy atom. The van der Waals surface area contributed by atoms with Gasteiger partial charge in [0.05, 0.1) is 0 Å². The third-order valence-electron chi connectivity index (χ3n) is 5.22. The molecule has 0 bridgehead atoms. The zero-order chi connectivity index (χ0) is 19.6. The Hall–Kier alpha value is -2.55. The van der Waals surface area contributed by atoms with E-state index in [9.17, 15) is 23.2 Å². The van der Waals surface area contributed by atoms with Crippen molar-refractivity contribution in [1.29, 1.82) is 0 Å². The first-order valence-corrected chi connectivity index (χ1v) is 9.07. The monoisotopic (exact) mass is 381 g/mol. The number of hydrogen-bond acceptors (Lipinski definition) is 3. The normalized spacial score (nSPS) is 19.9. The van der Waals surface area contributed by atoms with Crippen LogP contribution in [0, 0.1) is 11.6 Å². The van der Waals surface area contributed by atoms with Crippen LogP contribution in [0.15, 0.2) is 18.2 Å². The number of rotatable bonds is 5. The van der Waals surface area contributed by atoms with Crippen LogP contribution in [0.2, 0.25) is 0 Å². The third-order valence-corrected chi connectivity index (χ3v) is 5.22. The quantitative estimate of drug-likeness (QED) is 0.661. The molecule has 3 rings (SSSR count). The number of hydrazine groups is 1. The molecule has 1 aromatic rings. The Morgan fingerprint density at radius 1 is 1.30 bits per heavy atom. The standard InChI is InChI=1S/C18H22F2N4O3/c1-11(13-6-5-12(19)9-14(13)20)21-10-15(25)23-24-16(26)18(22-17(24)27)7-3-2-4-8-18/h5-6,9,11,21H,2-4,7-8,10H2,1H3,(H,22,27)(H,23,25)/p+1/t11-/m1/s1. The van der Waals surface area contributed by atoms with Crippen LogP contribution in [0.4, 0.5) is 13.6 Å². The van der Waals surface area contributed by atoms with E-state index in [0.29, 0.717) is 12.8 Å². The number of amides is 4. The van der Waals surface area contributed by atoms with Crippen molar-refractivity contribution in [3.8, 4) is 0 Å². The summed E-state index contributed by atoms with van der Waals surface area (Å²) < 4.78 is 26.8. The predicted octanol–water partition coefficient (Wildman–Crippen LogP) is 0.875. The van der Waals surface area contributed by atoms with Crippen molar-refractivity contribution in [3.05, 3.63) is 35.4 Å². The Bertz CT molecular complexity index is 765. The molecule has 27 heavy (non-hydrogen) atoms. The summed E-state index contributed by atoms with van der Waals surface area (Å²) in [6, 6.07) is 2.20. The number of hydrogen-bond donors (Lipinski definition) is 3. The summed E-state index contributed by atoms with van der Waals surface area (Å²) >= 11 is 0. The molecule has 4 N–H and O–H groups in total. The predicted molar refractivity (Wildman–Crippen MR) is 90.9 cm³/mol. The highest BCUT2D eigenvalue weighted by Gasteiger charge is 2.52. The fourth-order valence-electron chi connectivity index (χ4n) is 3.67. The van der Waals surface area contributed by atoms with Gasteiger partial charge in [-0.1, -0.05) is 19.3 Å². The minimum atomic E-state index is -0.906. The van der Waals surface area contributed by atoms with Gasteiger partial charge in [0, 0.05) is 11.6 Å². The molecule has 1 atom stereocenters. The van der Waals surface area contributed by atoms with Gasteiger partial charge >= 0.3 is 6.03 Å². The number of benzene rings is 1. The fraction of sp³-hybridized carbons (Fsp3) is 0.500. The molecule has 1 spiro atoms. The maximum absolute atomic E-state index is 13.8. The van der Waals surface area contributed by atoms with Crippen LogP contribution in [-0.2, 0) is 9.59 Å². The van der Waals surface area contributed by atoms with Gasteiger partial charge in [-0.25, -0.2) is 13.6 Å². The van der Waals surface area contributed by atoms with Crippen LogP contribution in [-0.4, -0.2) is 34.9 Å². The third kappa shape index (κ3) is 3.92. The largest absolute Gasteiger partial charge is 0.344 e. The van der Waals surface area contributed by atoms with E-state index < -0.39 is 41.1 Å². The van der Waals surface area contributed by atoms with Crippen molar-refractivity contribution in [1.82, 2.24) is 15.8 Å². The molecule has 1 saturated heterocycles. The summed E-state index contributed by atoms with van der Waals surface area (Å²) in [6.07, 6.45) is 3.85. The number of carbonyl (C=O) groups excluding carboxylic acids is 3. The summed E-state index contributed by atoms with van der Waals surface area (Å²) in [4.78, 5) is 36.9. The van der Waals surface area contributed by atoms with E-state index in [0.717, 1.165) is 36.4 Å². The van der Waals surface area contributed by atoms with Crippen molar-refractivity contribution < 1.29 is 28.5 Å². The van der Waals surface area contributed by atoms with Crippen LogP contribution >= 0.6 is 0 Å². The molecule has 1 saturated carbocycles. The molecule has 7 nitrogen and oxygen atoms in total. The lowest BCUT2D eigenvalue weighted by Crippen LogP contribution is -2.87. The molecular formula is C18H23F2N4O3+. The molecule has 0 radical (unpaired) electrons. The van der Waals surface area contributed by atoms with Gasteiger partial charge in [-0.15, -0.1) is 0 Å². The van der Waals surface area contributed by atoms with Crippen molar-refractivity contribution >= 4 is 17.8 Å². The van der Waals surface area contributed by atoms with E-state index in [1.807, 2.05) is 0 Å². The van der Waals surface area contributed by atoms with E-state index in [1.165, 1.54) is 6.07 Å². The molecular weight excluding hydrogens is 358 g/mol. The van der Waals surface area contributed by atoms with Gasteiger partial charge in [-0.05, 0) is 31.9 Å². The summed E-state index contributed by atoms with van der Waals surface area (Å²) in [5, 5.41) is 4.99. The highest BCUT2D eigenvalue weighted by molar-refractivity contribution is 6.08. The number of imide groups is 1. The molecule has 9 heteroatoms. The van der Waals surface area contributed by atoms with Crippen LogP contribution in [0.1, 0.15) is 50.6 Å². The summed E-state index contributed by atoms with van der Waals surface area (Å²) in [6.45, 7) is 1.55. The van der Waals surface area contributed by atoms with Gasteiger partial charge in [0.1, 0.15) is 23.2 Å². The molecule has 4 amide bonds. The first-order valence-electron chi connectivity index (χ1n) is 9.07. The maximum atomic E-state index is 13.8. The highest BCUT2D eigenvalue weighted by atomic mass is 19.1. The second-order valence-corrected chi connectivity index (χ2v) is 7.14. The summed E-state index contributed by atoms with van der Waals surface area (Å²) in [7, 11) is 0. The highest BCUT2D eigenvalue weighted by Crippen LogP contribution is 2.32. The Kier molecular flexibility index (Phi) is 5.41. The first kappa shape index (κ1) is 19.2. The molecule has 2 fully saturated rings. The Morgan fingerprint density at radius 3 is 2.67 bits per heavy atom. The van der Waals surface area contributed by atoms with Gasteiger partial charge in [0.25, 0.3) is 11.8 Å². The number of nitrogens with two attached hydrogens (primary N) is 1. The Labute approximate surface area is 155 Å². The van der Waals surface area contributed by atoms with E-state index in [1.54, 1.807) is 12.2 Å². The number of quaternary nitrogens is 1. The zero-order valence-electron chi connectivity index (χ0n) is 15.1. The molecule has 1 heterocycles. The summed E-state index contributed by atoms with van der Waals surface area (Å²) in [5.41, 5.74) is 1.69. The average molecular weight is 381 g/mol. The number of nitrogens with one attached hydrogen (secondary N) is 2. The molecule has 1 aliphatic carbocycles. The minimum absolute atomic E-state index is 0.123. The molecule has 146 valence electrons. The van der Waals surface area contributed by atoms with Gasteiger partial charge < -0.3 is 10.6 Å². The topological polar surface area (TPSA) is 95.1 Å². The maximum Gasteiger partial charge on any atom is 0.344 e. The van der Waals surface area contributed by atoms with Crippen LogP contribution < -0.4 is 16.1 Å². The lowest BCUT2D eigenvalue weighted by Gasteiger charge is -2.30. The van der Waals surface area contributed by atoms with Crippen molar-refractivity contribution in [2.45, 2.75) is 50.6 Å². The second kappa shape index (κ2) is 7.59. The minimum Gasteiger partial charge on any atom is -0.332 e. The number of urea groups is 1. The van der Waals surface area contributed by atoms with Crippen LogP contribution in [0.3, 0.4) is 0 Å². The smallest absolute Gasteiger partial charge is 0.332 e. The SMILES string of the molecule is C[C@@H]([NH2+]CC(=O)NN1C(=O)NC2(CCCCC2)C1=O)c1ccc(F)cc1F. The fourth-order valence-corrected chi connectivity index (χ4v) is 3.67. The molecule has 0 unspecified atom stereocenters. The van der Waals surface area contributed by atoms with Gasteiger partial charge in [0.2, 0.25) is 0 Å². The molecule has 2 aliphatic rings. The first-order chi connectivity index (χ1) is 12.8. The molecule has 1 aromatic carbocycles. The van der Waals surface area contributed by atoms with Crippen LogP contribution in [0.5, 0.6) is 0 Å². The number of nitrogens with zero attached hydrogens (tertiary/aromatic N) is 1. The number of carbonyl (C=O) groups is 3. The van der Waals surface area contributed by atoms with Gasteiger partial charge in [-0.3, -0.25) is 15.0 Å². The van der Waals surface area contributed by atoms with Crippen molar-refractivity contribution in [2.75, 3.05) is 6.54 Å². The zero-order valence-corrected chi connectivity index (χ0v) is 15.1. The average Bonchev–Trinajstić information content (AvgIpc) is 2.84. The summed E-state index contributed by atoms with van der Waals surface area (Å²) in [5.74, 6) is -2.34. The lowest BCUT2D eigenvalue weighted by molar-refractivity contribution is -0.682. The Balaban J connectivity index is 1.56. The van der Waals surface area contributed by atoms with Crippen molar-refractivity contribution in [2.24, 2.45) is 0 Å². The molecule has 0 aromatic heterocycles. The second-order valence-electron chi connectivity index (χ2n) is 7.14. The molecule has 1 aliphatic heterocycles. The van der Waals surface area contributed by atoms with E-state index in [4.69, 9.17) is 0 Å².